The highest BCUT2D eigenvalue weighted by molar-refractivity contribution is 6.01. The quantitative estimate of drug-likeness (QED) is 0.193. The number of carbonyl (C=O) groups is 3. The largest absolute Gasteiger partial charge is 0.468 e. The van der Waals surface area contributed by atoms with Gasteiger partial charge in [-0.2, -0.15) is 13.2 Å². The van der Waals surface area contributed by atoms with Gasteiger partial charge in [-0.05, 0) is 58.9 Å². The molecule has 0 aromatic heterocycles. The predicted molar refractivity (Wildman–Crippen MR) is 167 cm³/mol. The van der Waals surface area contributed by atoms with E-state index in [9.17, 15) is 32.7 Å². The Labute approximate surface area is 264 Å². The summed E-state index contributed by atoms with van der Waals surface area (Å²) in [5, 5.41) is 9.80. The van der Waals surface area contributed by atoms with Crippen LogP contribution in [0.15, 0.2) is 103 Å². The Morgan fingerprint density at radius 1 is 0.870 bits per heavy atom. The molecule has 1 saturated heterocycles. The second kappa shape index (κ2) is 13.9. The lowest BCUT2D eigenvalue weighted by atomic mass is 9.94. The van der Waals surface area contributed by atoms with E-state index in [0.717, 1.165) is 23.3 Å². The van der Waals surface area contributed by atoms with Crippen LogP contribution in [0.3, 0.4) is 0 Å². The highest BCUT2D eigenvalue weighted by Gasteiger charge is 2.35. The van der Waals surface area contributed by atoms with Crippen LogP contribution in [0.2, 0.25) is 0 Å². The third-order valence-corrected chi connectivity index (χ3v) is 8.33. The summed E-state index contributed by atoms with van der Waals surface area (Å²) in [6.07, 6.45) is -4.45. The number of likely N-dealkylation sites (tertiary alicyclic amines) is 1. The van der Waals surface area contributed by atoms with Gasteiger partial charge in [-0.15, -0.1) is 0 Å². The van der Waals surface area contributed by atoms with Crippen molar-refractivity contribution in [3.05, 3.63) is 120 Å². The Morgan fingerprint density at radius 2 is 1.48 bits per heavy atom. The van der Waals surface area contributed by atoms with Gasteiger partial charge in [0.05, 0.1) is 24.6 Å². The van der Waals surface area contributed by atoms with E-state index in [1.807, 2.05) is 54.6 Å². The molecule has 238 valence electrons. The average Bonchev–Trinajstić information content (AvgIpc) is 3.55. The first kappa shape index (κ1) is 32.3. The molecule has 1 fully saturated rings. The summed E-state index contributed by atoms with van der Waals surface area (Å²) in [4.78, 5) is 42.3. The molecule has 0 bridgehead atoms. The lowest BCUT2D eigenvalue weighted by Crippen LogP contribution is -2.47. The number of halogens is 3. The number of carboxylic acid groups (broad SMARTS) is 1. The summed E-state index contributed by atoms with van der Waals surface area (Å²) >= 11 is 0. The summed E-state index contributed by atoms with van der Waals surface area (Å²) in [6, 6.07) is 27.7. The van der Waals surface area contributed by atoms with E-state index in [1.54, 1.807) is 24.3 Å². The Hall–Kier alpha value is -5.12. The summed E-state index contributed by atoms with van der Waals surface area (Å²) in [7, 11) is 1.27. The molecule has 2 amide bonds. The van der Waals surface area contributed by atoms with Crippen LogP contribution in [-0.4, -0.2) is 65.7 Å². The number of carbonyl (C=O) groups excluding carboxylic acids is 2. The molecule has 1 aliphatic rings. The third-order valence-electron chi connectivity index (χ3n) is 8.33. The van der Waals surface area contributed by atoms with Crippen LogP contribution in [0.5, 0.6) is 0 Å². The molecule has 0 unspecified atom stereocenters. The van der Waals surface area contributed by atoms with Gasteiger partial charge in [0.1, 0.15) is 0 Å². The Balaban J connectivity index is 1.51. The van der Waals surface area contributed by atoms with E-state index < -0.39 is 41.7 Å². The first-order valence-corrected chi connectivity index (χ1v) is 14.9. The number of methoxy groups -OCH3 is 1. The van der Waals surface area contributed by atoms with E-state index in [1.165, 1.54) is 29.0 Å². The fourth-order valence-corrected chi connectivity index (χ4v) is 5.92. The van der Waals surface area contributed by atoms with Crippen molar-refractivity contribution >= 4 is 18.0 Å². The number of rotatable bonds is 9. The highest BCUT2D eigenvalue weighted by Crippen LogP contribution is 2.33. The molecule has 1 heterocycles. The topological polar surface area (TPSA) is 87.2 Å². The van der Waals surface area contributed by atoms with Crippen molar-refractivity contribution < 1.29 is 37.4 Å². The second-order valence-electron chi connectivity index (χ2n) is 11.2. The number of hydrogen-bond acceptors (Lipinski definition) is 4. The lowest BCUT2D eigenvalue weighted by Gasteiger charge is -2.32. The van der Waals surface area contributed by atoms with Crippen molar-refractivity contribution in [2.75, 3.05) is 26.7 Å². The zero-order valence-electron chi connectivity index (χ0n) is 25.1. The monoisotopic (exact) mass is 630 g/mol. The van der Waals surface area contributed by atoms with E-state index in [2.05, 4.69) is 0 Å². The third kappa shape index (κ3) is 7.22. The van der Waals surface area contributed by atoms with Crippen molar-refractivity contribution in [1.29, 1.82) is 0 Å². The predicted octanol–water partition coefficient (Wildman–Crippen LogP) is 7.58. The second-order valence-corrected chi connectivity index (χ2v) is 11.2. The normalized spacial score (nSPS) is 15.3. The maximum atomic E-state index is 14.4. The number of hydrogen-bond donors (Lipinski definition) is 1. The van der Waals surface area contributed by atoms with Crippen LogP contribution in [0.25, 0.3) is 22.3 Å². The summed E-state index contributed by atoms with van der Waals surface area (Å²) in [5.74, 6) is -1.94. The Kier molecular flexibility index (Phi) is 9.75. The molecule has 0 spiro atoms. The van der Waals surface area contributed by atoms with Crippen LogP contribution in [0.1, 0.15) is 40.2 Å². The maximum absolute atomic E-state index is 14.4. The van der Waals surface area contributed by atoms with Gasteiger partial charge in [0.25, 0.3) is 5.91 Å². The molecule has 2 atom stereocenters. The molecule has 5 rings (SSSR count). The van der Waals surface area contributed by atoms with Gasteiger partial charge in [0.2, 0.25) is 0 Å². The molecule has 0 radical (unpaired) electrons. The molecule has 46 heavy (non-hydrogen) atoms. The minimum Gasteiger partial charge on any atom is -0.468 e. The molecular weight excluding hydrogens is 597 g/mol. The highest BCUT2D eigenvalue weighted by atomic mass is 19.4. The summed E-state index contributed by atoms with van der Waals surface area (Å²) < 4.78 is 44.9. The van der Waals surface area contributed by atoms with Crippen LogP contribution in [0.4, 0.5) is 18.0 Å². The van der Waals surface area contributed by atoms with Crippen LogP contribution in [-0.2, 0) is 15.7 Å². The number of esters is 1. The van der Waals surface area contributed by atoms with Crippen molar-refractivity contribution in [2.24, 2.45) is 0 Å². The van der Waals surface area contributed by atoms with Crippen molar-refractivity contribution in [2.45, 2.75) is 31.0 Å². The Bertz CT molecular complexity index is 1670. The fraction of sp³-hybridized carbons (Fsp3) is 0.250. The Morgan fingerprint density at radius 3 is 2.11 bits per heavy atom. The van der Waals surface area contributed by atoms with Gasteiger partial charge >= 0.3 is 18.2 Å². The lowest BCUT2D eigenvalue weighted by molar-refractivity contribution is -0.142. The summed E-state index contributed by atoms with van der Waals surface area (Å²) in [6.45, 7) is 0.231. The van der Waals surface area contributed by atoms with Crippen LogP contribution >= 0.6 is 0 Å². The smallest absolute Gasteiger partial charge is 0.416 e. The molecule has 4 aromatic carbocycles. The average molecular weight is 631 g/mol. The molecule has 7 nitrogen and oxygen atoms in total. The minimum atomic E-state index is -4.51. The number of ether oxygens (including phenoxy) is 1. The first-order valence-electron chi connectivity index (χ1n) is 14.9. The molecule has 10 heteroatoms. The molecular formula is C36H33F3N2O5. The van der Waals surface area contributed by atoms with E-state index in [4.69, 9.17) is 4.74 Å². The van der Waals surface area contributed by atoms with Gasteiger partial charge in [-0.25, -0.2) is 4.79 Å². The number of alkyl halides is 3. The number of nitrogens with zero attached hydrogens (tertiary/aromatic N) is 2. The van der Waals surface area contributed by atoms with Crippen LogP contribution < -0.4 is 0 Å². The van der Waals surface area contributed by atoms with Gasteiger partial charge in [-0.1, -0.05) is 84.9 Å². The first-order chi connectivity index (χ1) is 22.1. The fourth-order valence-electron chi connectivity index (χ4n) is 5.92. The molecule has 1 aliphatic heterocycles. The van der Waals surface area contributed by atoms with Crippen molar-refractivity contribution in [3.63, 3.8) is 0 Å². The molecule has 4 aromatic rings. The van der Waals surface area contributed by atoms with Crippen molar-refractivity contribution in [3.8, 4) is 22.3 Å². The zero-order chi connectivity index (χ0) is 32.8. The van der Waals surface area contributed by atoms with E-state index in [0.29, 0.717) is 36.1 Å². The maximum Gasteiger partial charge on any atom is 0.416 e. The van der Waals surface area contributed by atoms with Gasteiger partial charge in [0, 0.05) is 25.2 Å². The van der Waals surface area contributed by atoms with Crippen molar-refractivity contribution in [1.82, 2.24) is 9.80 Å². The standard InChI is InChI=1S/C36H33F3N2O5/c1-46-34(43)32(27-15-13-25(14-16-27)24-8-3-2-4-9-24)23-40(22-29-10-7-21-41(29)35(44)45)33(42)31-12-6-5-11-30(31)26-17-19-28(20-18-26)36(37,38)39/h2-6,8-9,11-20,29,32H,7,10,21-23H2,1H3,(H,44,45)/t29-,32+/m0/s1. The van der Waals surface area contributed by atoms with Gasteiger partial charge < -0.3 is 19.6 Å². The van der Waals surface area contributed by atoms with Gasteiger partial charge in [0.15, 0.2) is 0 Å². The molecule has 1 N–H and O–H groups in total. The van der Waals surface area contributed by atoms with Gasteiger partial charge in [-0.3, -0.25) is 9.59 Å². The van der Waals surface area contributed by atoms with E-state index >= 15 is 0 Å². The molecule has 0 aliphatic carbocycles. The molecule has 0 saturated carbocycles. The SMILES string of the molecule is COC(=O)[C@H](CN(C[C@@H]1CCCN1C(=O)O)C(=O)c1ccccc1-c1ccc(C(F)(F)F)cc1)c1ccc(-c2ccccc2)cc1. The van der Waals surface area contributed by atoms with E-state index in [-0.39, 0.29) is 18.7 Å². The number of benzene rings is 4. The number of amides is 2. The zero-order valence-corrected chi connectivity index (χ0v) is 25.1. The summed E-state index contributed by atoms with van der Waals surface area (Å²) in [5.41, 5.74) is 2.77. The van der Waals surface area contributed by atoms with Crippen LogP contribution in [0, 0.1) is 0 Å². The minimum absolute atomic E-state index is 0.0159.